The quantitative estimate of drug-likeness (QED) is 0.668. The number of halogens is 6. The van der Waals surface area contributed by atoms with Gasteiger partial charge in [-0.3, -0.25) is 0 Å². The molecule has 0 bridgehead atoms. The molecule has 16 heavy (non-hydrogen) atoms. The summed E-state index contributed by atoms with van der Waals surface area (Å²) in [5.74, 6) is -0.608. The van der Waals surface area contributed by atoms with Gasteiger partial charge in [-0.05, 0) is 28.1 Å². The fraction of sp³-hybridized carbons (Fsp3) is 0.250. The molecule has 0 atom stereocenters. The molecule has 8 heteroatoms. The normalized spacial score (nSPS) is 11.9. The van der Waals surface area contributed by atoms with E-state index < -0.39 is 29.8 Å². The van der Waals surface area contributed by atoms with E-state index in [2.05, 4.69) is 20.7 Å². The molecule has 90 valence electrons. The first kappa shape index (κ1) is 13.0. The van der Waals surface area contributed by atoms with Crippen molar-refractivity contribution in [2.24, 2.45) is 0 Å². The third-order valence-corrected chi connectivity index (χ3v) is 2.29. The Kier molecular flexibility index (Phi) is 3.61. The Bertz CT molecular complexity index is 393. The minimum Gasteiger partial charge on any atom is -0.435 e. The second-order valence-corrected chi connectivity index (χ2v) is 3.60. The van der Waals surface area contributed by atoms with Gasteiger partial charge in [0.1, 0.15) is 5.75 Å². The van der Waals surface area contributed by atoms with Crippen LogP contribution in [0.5, 0.6) is 5.75 Å². The van der Waals surface area contributed by atoms with Crippen LogP contribution in [0.1, 0.15) is 5.56 Å². The Morgan fingerprint density at radius 1 is 1.25 bits per heavy atom. The fourth-order valence-electron chi connectivity index (χ4n) is 0.998. The van der Waals surface area contributed by atoms with Gasteiger partial charge < -0.3 is 10.5 Å². The number of benzene rings is 1. The molecule has 0 saturated carbocycles. The Morgan fingerprint density at radius 2 is 1.81 bits per heavy atom. The molecular formula is C8H5BrF5NO. The maximum atomic E-state index is 12.4. The predicted octanol–water partition coefficient (Wildman–Crippen LogP) is 3.65. The van der Waals surface area contributed by atoms with Crippen LogP contribution in [0.25, 0.3) is 0 Å². The molecule has 0 heterocycles. The van der Waals surface area contributed by atoms with Crippen LogP contribution in [0.15, 0.2) is 16.6 Å². The summed E-state index contributed by atoms with van der Waals surface area (Å²) in [5.41, 5.74) is 3.36. The highest BCUT2D eigenvalue weighted by atomic mass is 79.9. The molecule has 0 saturated heterocycles. The van der Waals surface area contributed by atoms with Crippen LogP contribution in [0.2, 0.25) is 0 Å². The zero-order valence-electron chi connectivity index (χ0n) is 7.49. The molecular weight excluding hydrogens is 301 g/mol. The summed E-state index contributed by atoms with van der Waals surface area (Å²) in [4.78, 5) is 0. The van der Waals surface area contributed by atoms with Crippen LogP contribution in [0, 0.1) is 0 Å². The Balaban J connectivity index is 3.23. The van der Waals surface area contributed by atoms with Crippen molar-refractivity contribution in [3.05, 3.63) is 22.2 Å². The lowest BCUT2D eigenvalue weighted by Crippen LogP contribution is -2.11. The van der Waals surface area contributed by atoms with Gasteiger partial charge in [0.25, 0.3) is 0 Å². The highest BCUT2D eigenvalue weighted by Crippen LogP contribution is 2.40. The smallest absolute Gasteiger partial charge is 0.418 e. The first-order valence-electron chi connectivity index (χ1n) is 3.83. The molecule has 2 nitrogen and oxygen atoms in total. The van der Waals surface area contributed by atoms with Gasteiger partial charge >= 0.3 is 12.8 Å². The van der Waals surface area contributed by atoms with Crippen molar-refractivity contribution in [1.29, 1.82) is 0 Å². The largest absolute Gasteiger partial charge is 0.435 e. The second kappa shape index (κ2) is 4.44. The van der Waals surface area contributed by atoms with E-state index >= 15 is 0 Å². The molecule has 0 aliphatic rings. The van der Waals surface area contributed by atoms with E-state index in [1.54, 1.807) is 0 Å². The van der Waals surface area contributed by atoms with Gasteiger partial charge in [-0.15, -0.1) is 0 Å². The summed E-state index contributed by atoms with van der Waals surface area (Å²) in [6.07, 6.45) is -4.73. The molecule has 0 aliphatic carbocycles. The number of hydrogen-bond acceptors (Lipinski definition) is 2. The van der Waals surface area contributed by atoms with E-state index in [4.69, 9.17) is 5.73 Å². The van der Waals surface area contributed by atoms with Crippen LogP contribution in [0.3, 0.4) is 0 Å². The number of hydrogen-bond donors (Lipinski definition) is 1. The average Bonchev–Trinajstić information content (AvgIpc) is 2.08. The number of ether oxygens (including phenoxy) is 1. The molecule has 1 aromatic rings. The molecule has 0 aliphatic heterocycles. The summed E-state index contributed by atoms with van der Waals surface area (Å²) in [5, 5.41) is 0. The summed E-state index contributed by atoms with van der Waals surface area (Å²) in [6, 6.07) is 1.36. The first-order chi connectivity index (χ1) is 7.21. The SMILES string of the molecule is Nc1c(Br)cc(OC(F)F)cc1C(F)(F)F. The van der Waals surface area contributed by atoms with Crippen molar-refractivity contribution in [2.45, 2.75) is 12.8 Å². The maximum absolute atomic E-state index is 12.4. The van der Waals surface area contributed by atoms with Gasteiger partial charge in [0.05, 0.1) is 11.3 Å². The zero-order valence-corrected chi connectivity index (χ0v) is 9.07. The van der Waals surface area contributed by atoms with Gasteiger partial charge in [-0.1, -0.05) is 0 Å². The molecule has 0 aromatic heterocycles. The lowest BCUT2D eigenvalue weighted by atomic mass is 10.1. The van der Waals surface area contributed by atoms with Gasteiger partial charge in [0.2, 0.25) is 0 Å². The van der Waals surface area contributed by atoms with Crippen molar-refractivity contribution < 1.29 is 26.7 Å². The number of nitrogen functional groups attached to an aromatic ring is 1. The summed E-state index contributed by atoms with van der Waals surface area (Å²) in [6.45, 7) is -3.20. The molecule has 1 aromatic carbocycles. The topological polar surface area (TPSA) is 35.2 Å². The van der Waals surface area contributed by atoms with Crippen LogP contribution in [-0.2, 0) is 6.18 Å². The summed E-state index contributed by atoms with van der Waals surface area (Å²) in [7, 11) is 0. The molecule has 0 amide bonds. The Hall–Kier alpha value is -1.05. The number of nitrogens with two attached hydrogens (primary N) is 1. The molecule has 2 N–H and O–H groups in total. The monoisotopic (exact) mass is 305 g/mol. The maximum Gasteiger partial charge on any atom is 0.418 e. The fourth-order valence-corrected chi connectivity index (χ4v) is 1.44. The molecule has 0 radical (unpaired) electrons. The van der Waals surface area contributed by atoms with E-state index in [0.717, 1.165) is 6.07 Å². The molecule has 1 rings (SSSR count). The van der Waals surface area contributed by atoms with Gasteiger partial charge in [-0.2, -0.15) is 22.0 Å². The summed E-state index contributed by atoms with van der Waals surface area (Å²) >= 11 is 2.73. The van der Waals surface area contributed by atoms with Crippen LogP contribution in [-0.4, -0.2) is 6.61 Å². The predicted molar refractivity (Wildman–Crippen MR) is 50.2 cm³/mol. The second-order valence-electron chi connectivity index (χ2n) is 2.74. The van der Waals surface area contributed by atoms with Crippen molar-refractivity contribution in [2.75, 3.05) is 5.73 Å². The van der Waals surface area contributed by atoms with Crippen molar-refractivity contribution in [3.63, 3.8) is 0 Å². The van der Waals surface area contributed by atoms with Gasteiger partial charge in [0.15, 0.2) is 0 Å². The number of alkyl halides is 5. The summed E-state index contributed by atoms with van der Waals surface area (Å²) < 4.78 is 64.6. The third kappa shape index (κ3) is 2.97. The average molecular weight is 306 g/mol. The minimum atomic E-state index is -4.73. The number of rotatable bonds is 2. The van der Waals surface area contributed by atoms with Crippen LogP contribution >= 0.6 is 15.9 Å². The van der Waals surface area contributed by atoms with E-state index in [0.29, 0.717) is 6.07 Å². The van der Waals surface area contributed by atoms with E-state index in [-0.39, 0.29) is 4.47 Å². The van der Waals surface area contributed by atoms with Gasteiger partial charge in [-0.25, -0.2) is 0 Å². The standard InChI is InChI=1S/C8H5BrF5NO/c9-5-2-3(16-7(10)11)1-4(6(5)15)8(12,13)14/h1-2,7H,15H2. The minimum absolute atomic E-state index is 0.155. The van der Waals surface area contributed by atoms with Crippen molar-refractivity contribution in [3.8, 4) is 5.75 Å². The molecule has 0 unspecified atom stereocenters. The van der Waals surface area contributed by atoms with Crippen LogP contribution in [0.4, 0.5) is 27.6 Å². The van der Waals surface area contributed by atoms with Gasteiger partial charge in [0, 0.05) is 4.47 Å². The van der Waals surface area contributed by atoms with E-state index in [9.17, 15) is 22.0 Å². The van der Waals surface area contributed by atoms with Crippen LogP contribution < -0.4 is 10.5 Å². The number of anilines is 1. The van der Waals surface area contributed by atoms with Crippen molar-refractivity contribution in [1.82, 2.24) is 0 Å². The molecule has 0 spiro atoms. The van der Waals surface area contributed by atoms with Crippen molar-refractivity contribution >= 4 is 21.6 Å². The lowest BCUT2D eigenvalue weighted by Gasteiger charge is -2.13. The zero-order chi connectivity index (χ0) is 12.5. The first-order valence-corrected chi connectivity index (χ1v) is 4.62. The highest BCUT2D eigenvalue weighted by Gasteiger charge is 2.34. The Morgan fingerprint density at radius 3 is 2.25 bits per heavy atom. The Labute approximate surface area is 95.3 Å². The lowest BCUT2D eigenvalue weighted by molar-refractivity contribution is -0.137. The van der Waals surface area contributed by atoms with E-state index in [1.807, 2.05) is 0 Å². The highest BCUT2D eigenvalue weighted by molar-refractivity contribution is 9.10. The molecule has 0 fully saturated rings. The third-order valence-electron chi connectivity index (χ3n) is 1.63. The van der Waals surface area contributed by atoms with E-state index in [1.165, 1.54) is 0 Å².